The molecule has 2 rings (SSSR count). The molecule has 1 N–H and O–H groups in total. The first kappa shape index (κ1) is 9.52. The molecular formula is C10H11NO2S. The molecule has 1 aliphatic carbocycles. The first-order valence-electron chi connectivity index (χ1n) is 4.62. The Kier molecular flexibility index (Phi) is 2.72. The van der Waals surface area contributed by atoms with E-state index in [1.165, 1.54) is 19.3 Å². The molecule has 1 heterocycles. The van der Waals surface area contributed by atoms with Crippen LogP contribution in [0.5, 0.6) is 0 Å². The number of carboxylic acids is 1. The molecule has 0 saturated heterocycles. The minimum Gasteiger partial charge on any atom is -0.478 e. The van der Waals surface area contributed by atoms with Gasteiger partial charge in [0.05, 0.1) is 5.56 Å². The van der Waals surface area contributed by atoms with Gasteiger partial charge in [-0.2, -0.15) is 0 Å². The number of hydrogen-bond acceptors (Lipinski definition) is 3. The Morgan fingerprint density at radius 2 is 2.36 bits per heavy atom. The lowest BCUT2D eigenvalue weighted by Gasteiger charge is -2.24. The van der Waals surface area contributed by atoms with E-state index in [9.17, 15) is 4.79 Å². The molecule has 1 aromatic rings. The van der Waals surface area contributed by atoms with Crippen molar-refractivity contribution in [3.05, 3.63) is 23.9 Å². The fourth-order valence-electron chi connectivity index (χ4n) is 1.29. The van der Waals surface area contributed by atoms with Crippen LogP contribution in [0.2, 0.25) is 0 Å². The zero-order valence-electron chi connectivity index (χ0n) is 7.64. The van der Waals surface area contributed by atoms with Gasteiger partial charge in [0, 0.05) is 11.4 Å². The van der Waals surface area contributed by atoms with E-state index in [2.05, 4.69) is 4.98 Å². The minimum atomic E-state index is -0.889. The van der Waals surface area contributed by atoms with Gasteiger partial charge in [0.15, 0.2) is 0 Å². The van der Waals surface area contributed by atoms with Crippen LogP contribution >= 0.6 is 11.8 Å². The molecule has 14 heavy (non-hydrogen) atoms. The van der Waals surface area contributed by atoms with E-state index in [-0.39, 0.29) is 0 Å². The van der Waals surface area contributed by atoms with Gasteiger partial charge in [0.2, 0.25) is 0 Å². The molecular weight excluding hydrogens is 198 g/mol. The van der Waals surface area contributed by atoms with Gasteiger partial charge in [-0.15, -0.1) is 11.8 Å². The van der Waals surface area contributed by atoms with Crippen LogP contribution in [0.25, 0.3) is 0 Å². The average Bonchev–Trinajstić information content (AvgIpc) is 2.12. The largest absolute Gasteiger partial charge is 0.478 e. The monoisotopic (exact) mass is 209 g/mol. The zero-order valence-corrected chi connectivity index (χ0v) is 8.46. The molecule has 1 fully saturated rings. The SMILES string of the molecule is O=C(O)c1cccnc1SC1CCC1. The molecule has 0 spiro atoms. The van der Waals surface area contributed by atoms with Crippen molar-refractivity contribution in [1.29, 1.82) is 0 Å². The number of rotatable bonds is 3. The molecule has 74 valence electrons. The highest BCUT2D eigenvalue weighted by Gasteiger charge is 2.21. The number of carbonyl (C=O) groups is 1. The third-order valence-corrected chi connectivity index (χ3v) is 3.69. The summed E-state index contributed by atoms with van der Waals surface area (Å²) in [7, 11) is 0. The van der Waals surface area contributed by atoms with Crippen LogP contribution in [0.4, 0.5) is 0 Å². The summed E-state index contributed by atoms with van der Waals surface area (Å²) < 4.78 is 0. The van der Waals surface area contributed by atoms with Gasteiger partial charge in [0.25, 0.3) is 0 Å². The highest BCUT2D eigenvalue weighted by molar-refractivity contribution is 8.00. The molecule has 0 bridgehead atoms. The second-order valence-electron chi connectivity index (χ2n) is 3.33. The lowest BCUT2D eigenvalue weighted by Crippen LogP contribution is -2.14. The molecule has 1 saturated carbocycles. The van der Waals surface area contributed by atoms with E-state index in [0.717, 1.165) is 0 Å². The second-order valence-corrected chi connectivity index (χ2v) is 4.62. The maximum absolute atomic E-state index is 10.9. The van der Waals surface area contributed by atoms with E-state index >= 15 is 0 Å². The van der Waals surface area contributed by atoms with E-state index in [0.29, 0.717) is 15.8 Å². The molecule has 0 aromatic carbocycles. The van der Waals surface area contributed by atoms with Gasteiger partial charge in [0.1, 0.15) is 5.03 Å². The van der Waals surface area contributed by atoms with Crippen molar-refractivity contribution in [2.75, 3.05) is 0 Å². The highest BCUT2D eigenvalue weighted by Crippen LogP contribution is 2.36. The van der Waals surface area contributed by atoms with Crippen molar-refractivity contribution in [2.45, 2.75) is 29.5 Å². The average molecular weight is 209 g/mol. The number of hydrogen-bond donors (Lipinski definition) is 1. The Morgan fingerprint density at radius 3 is 2.93 bits per heavy atom. The zero-order chi connectivity index (χ0) is 9.97. The van der Waals surface area contributed by atoms with Gasteiger partial charge in [-0.25, -0.2) is 9.78 Å². The number of aromatic carboxylic acids is 1. The predicted octanol–water partition coefficient (Wildman–Crippen LogP) is 2.42. The van der Waals surface area contributed by atoms with Crippen molar-refractivity contribution < 1.29 is 9.90 Å². The Balaban J connectivity index is 2.17. The van der Waals surface area contributed by atoms with Gasteiger partial charge in [-0.05, 0) is 25.0 Å². The maximum Gasteiger partial charge on any atom is 0.338 e. The maximum atomic E-state index is 10.9. The fraction of sp³-hybridized carbons (Fsp3) is 0.400. The van der Waals surface area contributed by atoms with Crippen LogP contribution in [0.1, 0.15) is 29.6 Å². The van der Waals surface area contributed by atoms with Gasteiger partial charge < -0.3 is 5.11 Å². The number of nitrogens with zero attached hydrogens (tertiary/aromatic N) is 1. The Hall–Kier alpha value is -1.03. The molecule has 0 aliphatic heterocycles. The second kappa shape index (κ2) is 4.00. The summed E-state index contributed by atoms with van der Waals surface area (Å²) >= 11 is 1.59. The fourth-order valence-corrected chi connectivity index (χ4v) is 2.58. The molecule has 0 radical (unpaired) electrons. The molecule has 0 unspecified atom stereocenters. The summed E-state index contributed by atoms with van der Waals surface area (Å²) in [4.78, 5) is 15.0. The topological polar surface area (TPSA) is 50.2 Å². The van der Waals surface area contributed by atoms with Gasteiger partial charge >= 0.3 is 5.97 Å². The molecule has 4 heteroatoms. The Labute approximate surface area is 86.5 Å². The van der Waals surface area contributed by atoms with Crippen LogP contribution in [-0.4, -0.2) is 21.3 Å². The lowest BCUT2D eigenvalue weighted by atomic mass is 10.0. The summed E-state index contributed by atoms with van der Waals surface area (Å²) in [5.41, 5.74) is 0.324. The smallest absolute Gasteiger partial charge is 0.338 e. The van der Waals surface area contributed by atoms with Crippen LogP contribution in [0.15, 0.2) is 23.4 Å². The number of thioether (sulfide) groups is 1. The van der Waals surface area contributed by atoms with Gasteiger partial charge in [-0.1, -0.05) is 6.42 Å². The summed E-state index contributed by atoms with van der Waals surface area (Å²) in [5.74, 6) is -0.889. The molecule has 3 nitrogen and oxygen atoms in total. The van der Waals surface area contributed by atoms with Crippen LogP contribution in [0.3, 0.4) is 0 Å². The minimum absolute atomic E-state index is 0.324. The third kappa shape index (κ3) is 1.90. The first-order chi connectivity index (χ1) is 6.77. The summed E-state index contributed by atoms with van der Waals surface area (Å²) in [6.07, 6.45) is 5.26. The van der Waals surface area contributed by atoms with E-state index in [1.807, 2.05) is 0 Å². The van der Waals surface area contributed by atoms with E-state index in [4.69, 9.17) is 5.11 Å². The van der Waals surface area contributed by atoms with Crippen molar-refractivity contribution >= 4 is 17.7 Å². The van der Waals surface area contributed by atoms with E-state index < -0.39 is 5.97 Å². The van der Waals surface area contributed by atoms with Crippen molar-refractivity contribution in [2.24, 2.45) is 0 Å². The van der Waals surface area contributed by atoms with Crippen LogP contribution in [-0.2, 0) is 0 Å². The molecule has 0 atom stereocenters. The van der Waals surface area contributed by atoms with Crippen molar-refractivity contribution in [1.82, 2.24) is 4.98 Å². The number of aromatic nitrogens is 1. The van der Waals surface area contributed by atoms with Crippen molar-refractivity contribution in [3.63, 3.8) is 0 Å². The van der Waals surface area contributed by atoms with Gasteiger partial charge in [-0.3, -0.25) is 0 Å². The third-order valence-electron chi connectivity index (χ3n) is 2.33. The van der Waals surface area contributed by atoms with Crippen molar-refractivity contribution in [3.8, 4) is 0 Å². The summed E-state index contributed by atoms with van der Waals surface area (Å²) in [6.45, 7) is 0. The normalized spacial score (nSPS) is 16.3. The quantitative estimate of drug-likeness (QED) is 0.830. The molecule has 0 amide bonds. The van der Waals surface area contributed by atoms with Crippen LogP contribution < -0.4 is 0 Å². The number of pyridine rings is 1. The Morgan fingerprint density at radius 1 is 1.57 bits per heavy atom. The van der Waals surface area contributed by atoms with E-state index in [1.54, 1.807) is 30.1 Å². The molecule has 1 aromatic heterocycles. The molecule has 1 aliphatic rings. The Bertz CT molecular complexity index is 350. The first-order valence-corrected chi connectivity index (χ1v) is 5.50. The lowest BCUT2D eigenvalue weighted by molar-refractivity contribution is 0.0692. The predicted molar refractivity (Wildman–Crippen MR) is 54.7 cm³/mol. The highest BCUT2D eigenvalue weighted by atomic mass is 32.2. The number of carboxylic acid groups (broad SMARTS) is 1. The summed E-state index contributed by atoms with van der Waals surface area (Å²) in [6, 6.07) is 3.27. The summed E-state index contributed by atoms with van der Waals surface area (Å²) in [5, 5.41) is 10.1. The van der Waals surface area contributed by atoms with Crippen LogP contribution in [0, 0.1) is 0 Å². The standard InChI is InChI=1S/C10H11NO2S/c12-10(13)8-5-2-6-11-9(8)14-7-3-1-4-7/h2,5-7H,1,3-4H2,(H,12,13).